The van der Waals surface area contributed by atoms with Gasteiger partial charge >= 0.3 is 5.97 Å². The van der Waals surface area contributed by atoms with Crippen molar-refractivity contribution in [3.05, 3.63) is 52.9 Å². The number of anilines is 1. The van der Waals surface area contributed by atoms with Gasteiger partial charge in [0.15, 0.2) is 5.82 Å². The summed E-state index contributed by atoms with van der Waals surface area (Å²) in [5.74, 6) is 5.57. The number of hydrogen-bond donors (Lipinski definition) is 2. The van der Waals surface area contributed by atoms with Crippen molar-refractivity contribution in [3.63, 3.8) is 0 Å². The first-order valence-electron chi connectivity index (χ1n) is 8.73. The SMILES string of the molecule is CCOC(=O)c1ccsc1NC(=O)CSc1nnc(COc2ccc(F)cc2)n1N. The first-order valence-corrected chi connectivity index (χ1v) is 10.6. The van der Waals surface area contributed by atoms with Gasteiger partial charge in [-0.3, -0.25) is 4.79 Å². The van der Waals surface area contributed by atoms with E-state index in [9.17, 15) is 14.0 Å². The van der Waals surface area contributed by atoms with Crippen LogP contribution in [0.3, 0.4) is 0 Å². The lowest BCUT2D eigenvalue weighted by molar-refractivity contribution is -0.113. The first kappa shape index (κ1) is 21.6. The van der Waals surface area contributed by atoms with E-state index in [1.165, 1.54) is 40.3 Å². The number of ether oxygens (including phenoxy) is 2. The van der Waals surface area contributed by atoms with Gasteiger partial charge in [0.2, 0.25) is 11.1 Å². The molecule has 3 aromatic rings. The van der Waals surface area contributed by atoms with Crippen LogP contribution in [0.15, 0.2) is 40.9 Å². The van der Waals surface area contributed by atoms with Crippen molar-refractivity contribution < 1.29 is 23.5 Å². The number of benzene rings is 1. The van der Waals surface area contributed by atoms with Gasteiger partial charge in [-0.2, -0.15) is 0 Å². The van der Waals surface area contributed by atoms with Gasteiger partial charge in [-0.1, -0.05) is 11.8 Å². The average molecular weight is 452 g/mol. The fourth-order valence-corrected chi connectivity index (χ4v) is 3.72. The van der Waals surface area contributed by atoms with Crippen molar-refractivity contribution in [2.24, 2.45) is 0 Å². The zero-order valence-corrected chi connectivity index (χ0v) is 17.5. The molecule has 3 rings (SSSR count). The standard InChI is InChI=1S/C18H18FN5O4S2/c1-2-27-17(26)13-7-8-29-16(13)21-15(25)10-30-18-23-22-14(24(18)20)9-28-12-5-3-11(19)4-6-12/h3-8H,2,9-10,20H2,1H3,(H,21,25). The summed E-state index contributed by atoms with van der Waals surface area (Å²) < 4.78 is 24.6. The number of hydrogen-bond acceptors (Lipinski definition) is 9. The molecule has 0 aliphatic carbocycles. The van der Waals surface area contributed by atoms with E-state index in [-0.39, 0.29) is 30.7 Å². The summed E-state index contributed by atoms with van der Waals surface area (Å²) >= 11 is 2.31. The summed E-state index contributed by atoms with van der Waals surface area (Å²) in [6.07, 6.45) is 0. The molecule has 0 atom stereocenters. The van der Waals surface area contributed by atoms with Crippen molar-refractivity contribution >= 4 is 40.0 Å². The van der Waals surface area contributed by atoms with Gasteiger partial charge in [0.05, 0.1) is 17.9 Å². The molecule has 2 heterocycles. The first-order chi connectivity index (χ1) is 14.5. The largest absolute Gasteiger partial charge is 0.486 e. The number of nitrogens with zero attached hydrogens (tertiary/aromatic N) is 3. The van der Waals surface area contributed by atoms with Crippen molar-refractivity contribution in [3.8, 4) is 5.75 Å². The van der Waals surface area contributed by atoms with Crippen molar-refractivity contribution in [1.82, 2.24) is 14.9 Å². The van der Waals surface area contributed by atoms with Gasteiger partial charge in [-0.05, 0) is 42.6 Å². The molecule has 0 bridgehead atoms. The van der Waals surface area contributed by atoms with Crippen LogP contribution in [0.5, 0.6) is 5.75 Å². The highest BCUT2D eigenvalue weighted by Crippen LogP contribution is 2.25. The number of aromatic nitrogens is 3. The normalized spacial score (nSPS) is 10.6. The fourth-order valence-electron chi connectivity index (χ4n) is 2.25. The minimum Gasteiger partial charge on any atom is -0.486 e. The third kappa shape index (κ3) is 5.48. The Hall–Kier alpha value is -3.12. The number of thiophene rings is 1. The summed E-state index contributed by atoms with van der Waals surface area (Å²) in [4.78, 5) is 24.1. The second-order valence-corrected chi connectivity index (χ2v) is 7.59. The topological polar surface area (TPSA) is 121 Å². The molecule has 12 heteroatoms. The predicted molar refractivity (Wildman–Crippen MR) is 111 cm³/mol. The van der Waals surface area contributed by atoms with E-state index in [4.69, 9.17) is 15.3 Å². The quantitative estimate of drug-likeness (QED) is 0.289. The molecule has 30 heavy (non-hydrogen) atoms. The van der Waals surface area contributed by atoms with E-state index >= 15 is 0 Å². The van der Waals surface area contributed by atoms with Gasteiger partial charge in [-0.15, -0.1) is 21.5 Å². The van der Waals surface area contributed by atoms with E-state index in [0.29, 0.717) is 27.3 Å². The number of rotatable bonds is 9. The van der Waals surface area contributed by atoms with Crippen LogP contribution in [0, 0.1) is 5.82 Å². The van der Waals surface area contributed by atoms with E-state index in [1.807, 2.05) is 0 Å². The highest BCUT2D eigenvalue weighted by molar-refractivity contribution is 7.99. The van der Waals surface area contributed by atoms with Crippen molar-refractivity contribution in [2.75, 3.05) is 23.5 Å². The van der Waals surface area contributed by atoms with Crippen LogP contribution in [0.4, 0.5) is 9.39 Å². The molecule has 158 valence electrons. The Kier molecular flexibility index (Phi) is 7.25. The molecule has 0 fully saturated rings. The van der Waals surface area contributed by atoms with Gasteiger partial charge in [0, 0.05) is 0 Å². The van der Waals surface area contributed by atoms with Crippen LogP contribution in [0.2, 0.25) is 0 Å². The van der Waals surface area contributed by atoms with Crippen molar-refractivity contribution in [1.29, 1.82) is 0 Å². The molecule has 0 radical (unpaired) electrons. The monoisotopic (exact) mass is 451 g/mol. The lowest BCUT2D eigenvalue weighted by atomic mass is 10.3. The van der Waals surface area contributed by atoms with Crippen LogP contribution in [0.25, 0.3) is 0 Å². The molecule has 0 spiro atoms. The molecule has 0 saturated carbocycles. The molecular weight excluding hydrogens is 433 g/mol. The zero-order chi connectivity index (χ0) is 21.5. The zero-order valence-electron chi connectivity index (χ0n) is 15.8. The molecule has 0 aliphatic heterocycles. The van der Waals surface area contributed by atoms with Gasteiger partial charge in [-0.25, -0.2) is 13.9 Å². The Morgan fingerprint density at radius 1 is 1.27 bits per heavy atom. The summed E-state index contributed by atoms with van der Waals surface area (Å²) in [7, 11) is 0. The Bertz CT molecular complexity index is 1020. The van der Waals surface area contributed by atoms with Gasteiger partial charge in [0.25, 0.3) is 0 Å². The summed E-state index contributed by atoms with van der Waals surface area (Å²) in [5, 5.41) is 13.0. The van der Waals surface area contributed by atoms with Gasteiger partial charge < -0.3 is 20.6 Å². The minimum atomic E-state index is -0.491. The van der Waals surface area contributed by atoms with Crippen LogP contribution in [-0.2, 0) is 16.1 Å². The van der Waals surface area contributed by atoms with Crippen LogP contribution in [0.1, 0.15) is 23.1 Å². The minimum absolute atomic E-state index is 0.00825. The van der Waals surface area contributed by atoms with E-state index in [1.54, 1.807) is 18.4 Å². The molecule has 0 aliphatic rings. The van der Waals surface area contributed by atoms with Crippen LogP contribution < -0.4 is 15.9 Å². The van der Waals surface area contributed by atoms with Crippen LogP contribution >= 0.6 is 23.1 Å². The molecule has 3 N–H and O–H groups in total. The Labute approximate surface area is 179 Å². The maximum absolute atomic E-state index is 12.9. The molecule has 2 aromatic heterocycles. The maximum Gasteiger partial charge on any atom is 0.341 e. The summed E-state index contributed by atoms with van der Waals surface area (Å²) in [6.45, 7) is 1.98. The lowest BCUT2D eigenvalue weighted by Gasteiger charge is -2.07. The number of esters is 1. The Morgan fingerprint density at radius 2 is 2.03 bits per heavy atom. The third-order valence-electron chi connectivity index (χ3n) is 3.66. The fraction of sp³-hybridized carbons (Fsp3) is 0.222. The number of halogens is 1. The number of nitrogens with two attached hydrogens (primary N) is 1. The second kappa shape index (κ2) is 10.1. The Morgan fingerprint density at radius 3 is 2.77 bits per heavy atom. The number of carbonyl (C=O) groups is 2. The molecule has 0 unspecified atom stereocenters. The smallest absolute Gasteiger partial charge is 0.341 e. The van der Waals surface area contributed by atoms with E-state index in [0.717, 1.165) is 11.8 Å². The summed E-state index contributed by atoms with van der Waals surface area (Å²) in [6, 6.07) is 7.13. The number of amides is 1. The highest BCUT2D eigenvalue weighted by atomic mass is 32.2. The maximum atomic E-state index is 12.9. The number of nitrogens with one attached hydrogen (secondary N) is 1. The molecule has 0 saturated heterocycles. The Balaban J connectivity index is 1.52. The summed E-state index contributed by atoms with van der Waals surface area (Å²) in [5.41, 5.74) is 0.308. The number of nitrogen functional groups attached to an aromatic ring is 1. The van der Waals surface area contributed by atoms with Gasteiger partial charge in [0.1, 0.15) is 23.2 Å². The lowest BCUT2D eigenvalue weighted by Crippen LogP contribution is -2.18. The number of carbonyl (C=O) groups excluding carboxylic acids is 2. The molecule has 1 amide bonds. The van der Waals surface area contributed by atoms with Crippen molar-refractivity contribution in [2.45, 2.75) is 18.7 Å². The number of thioether (sulfide) groups is 1. The van der Waals surface area contributed by atoms with E-state index < -0.39 is 5.97 Å². The van der Waals surface area contributed by atoms with Crippen LogP contribution in [-0.4, -0.2) is 39.1 Å². The highest BCUT2D eigenvalue weighted by Gasteiger charge is 2.17. The molecule has 1 aromatic carbocycles. The predicted octanol–water partition coefficient (Wildman–Crippen LogP) is 2.68. The molecular formula is C18H18FN5O4S2. The second-order valence-electron chi connectivity index (χ2n) is 5.73. The average Bonchev–Trinajstić information content (AvgIpc) is 3.33. The third-order valence-corrected chi connectivity index (χ3v) is 5.44. The molecule has 9 nitrogen and oxygen atoms in total. The van der Waals surface area contributed by atoms with E-state index in [2.05, 4.69) is 15.5 Å².